The van der Waals surface area contributed by atoms with Crippen LogP contribution in [0.4, 0.5) is 0 Å². The molecule has 7 heteroatoms. The lowest BCUT2D eigenvalue weighted by Crippen LogP contribution is -1.97. The first-order chi connectivity index (χ1) is 15.2. The van der Waals surface area contributed by atoms with Gasteiger partial charge in [-0.25, -0.2) is 4.68 Å². The second-order valence-corrected chi connectivity index (χ2v) is 7.31. The summed E-state index contributed by atoms with van der Waals surface area (Å²) >= 11 is 5.55. The van der Waals surface area contributed by atoms with Crippen LogP contribution in [0, 0.1) is 4.77 Å². The van der Waals surface area contributed by atoms with Crippen LogP contribution in [-0.2, 0) is 0 Å². The summed E-state index contributed by atoms with van der Waals surface area (Å²) in [5.41, 5.74) is 4.52. The average molecular weight is 426 g/mol. The summed E-state index contributed by atoms with van der Waals surface area (Å²) in [6, 6.07) is 27.8. The number of aromatic amines is 1. The standard InChI is InChI=1S/C24H19N5OS/c1-30-20-14-12-17(13-15-20)22-21(16-28(27-22)18-8-4-2-5-9-18)23-25-26-24(31)29(23)19-10-6-3-7-11-19/h2-16H,1H3,(H,26,31). The van der Waals surface area contributed by atoms with Crippen molar-refractivity contribution in [3.63, 3.8) is 0 Å². The van der Waals surface area contributed by atoms with Crippen molar-refractivity contribution in [2.45, 2.75) is 0 Å². The highest BCUT2D eigenvalue weighted by Crippen LogP contribution is 2.33. The second kappa shape index (κ2) is 8.04. The van der Waals surface area contributed by atoms with Gasteiger partial charge in [0.15, 0.2) is 10.6 Å². The van der Waals surface area contributed by atoms with Crippen LogP contribution in [0.5, 0.6) is 5.75 Å². The van der Waals surface area contributed by atoms with Gasteiger partial charge in [-0.3, -0.25) is 9.67 Å². The Bertz CT molecular complexity index is 1370. The predicted octanol–water partition coefficient (Wildman–Crippen LogP) is 5.46. The molecule has 5 rings (SSSR count). The van der Waals surface area contributed by atoms with Crippen molar-refractivity contribution in [1.82, 2.24) is 24.5 Å². The highest BCUT2D eigenvalue weighted by Gasteiger charge is 2.20. The number of nitrogens with zero attached hydrogens (tertiary/aromatic N) is 4. The summed E-state index contributed by atoms with van der Waals surface area (Å²) in [5, 5.41) is 12.4. The Morgan fingerprint density at radius 2 is 1.48 bits per heavy atom. The lowest BCUT2D eigenvalue weighted by Gasteiger charge is -2.07. The molecule has 31 heavy (non-hydrogen) atoms. The lowest BCUT2D eigenvalue weighted by atomic mass is 10.1. The molecule has 2 heterocycles. The fourth-order valence-electron chi connectivity index (χ4n) is 3.51. The molecule has 0 fully saturated rings. The van der Waals surface area contributed by atoms with Crippen LogP contribution in [-0.4, -0.2) is 31.7 Å². The Morgan fingerprint density at radius 3 is 2.13 bits per heavy atom. The van der Waals surface area contributed by atoms with Crippen LogP contribution >= 0.6 is 12.2 Å². The molecular formula is C24H19N5OS. The number of hydrogen-bond acceptors (Lipinski definition) is 4. The van der Waals surface area contributed by atoms with E-state index in [1.807, 2.05) is 100 Å². The number of nitrogens with one attached hydrogen (secondary N) is 1. The van der Waals surface area contributed by atoms with Crippen molar-refractivity contribution in [2.75, 3.05) is 7.11 Å². The van der Waals surface area contributed by atoms with Gasteiger partial charge in [-0.1, -0.05) is 36.4 Å². The van der Waals surface area contributed by atoms with E-state index >= 15 is 0 Å². The summed E-state index contributed by atoms with van der Waals surface area (Å²) < 4.78 is 9.62. The van der Waals surface area contributed by atoms with E-state index in [0.717, 1.165) is 33.9 Å². The molecule has 0 atom stereocenters. The summed E-state index contributed by atoms with van der Waals surface area (Å²) in [6.45, 7) is 0. The van der Waals surface area contributed by atoms with Crippen LogP contribution in [0.25, 0.3) is 34.0 Å². The Balaban J connectivity index is 1.73. The minimum atomic E-state index is 0.523. The molecule has 0 spiro atoms. The van der Waals surface area contributed by atoms with Crippen molar-refractivity contribution in [1.29, 1.82) is 0 Å². The van der Waals surface area contributed by atoms with E-state index < -0.39 is 0 Å². The molecule has 0 unspecified atom stereocenters. The molecule has 2 aromatic heterocycles. The van der Waals surface area contributed by atoms with E-state index in [2.05, 4.69) is 10.2 Å². The second-order valence-electron chi connectivity index (χ2n) is 6.92. The topological polar surface area (TPSA) is 60.7 Å². The predicted molar refractivity (Wildman–Crippen MR) is 123 cm³/mol. The number of H-pyrrole nitrogens is 1. The molecule has 152 valence electrons. The quantitative estimate of drug-likeness (QED) is 0.380. The summed E-state index contributed by atoms with van der Waals surface area (Å²) in [6.07, 6.45) is 1.99. The van der Waals surface area contributed by atoms with Crippen LogP contribution in [0.15, 0.2) is 91.1 Å². The molecule has 0 amide bonds. The van der Waals surface area contributed by atoms with Crippen molar-refractivity contribution in [3.8, 4) is 39.8 Å². The Labute approximate surface area is 184 Å². The van der Waals surface area contributed by atoms with Crippen LogP contribution in [0.3, 0.4) is 0 Å². The molecule has 1 N–H and O–H groups in total. The molecular weight excluding hydrogens is 406 g/mol. The molecule has 0 radical (unpaired) electrons. The van der Waals surface area contributed by atoms with E-state index in [4.69, 9.17) is 22.1 Å². The molecule has 0 aliphatic heterocycles. The molecule has 0 saturated carbocycles. The molecule has 6 nitrogen and oxygen atoms in total. The maximum Gasteiger partial charge on any atom is 0.200 e. The molecule has 5 aromatic rings. The van der Waals surface area contributed by atoms with Crippen molar-refractivity contribution in [3.05, 3.63) is 95.9 Å². The van der Waals surface area contributed by atoms with Crippen LogP contribution in [0.1, 0.15) is 0 Å². The number of para-hydroxylation sites is 2. The Kier molecular flexibility index (Phi) is 4.93. The van der Waals surface area contributed by atoms with Gasteiger partial charge in [-0.05, 0) is 60.7 Å². The van der Waals surface area contributed by atoms with Crippen molar-refractivity contribution >= 4 is 12.2 Å². The van der Waals surface area contributed by atoms with Crippen molar-refractivity contribution in [2.24, 2.45) is 0 Å². The smallest absolute Gasteiger partial charge is 0.200 e. The number of hydrogen-bond donors (Lipinski definition) is 1. The molecule has 3 aromatic carbocycles. The number of rotatable bonds is 5. The molecule has 0 aliphatic rings. The largest absolute Gasteiger partial charge is 0.497 e. The fourth-order valence-corrected chi connectivity index (χ4v) is 3.74. The van der Waals surface area contributed by atoms with Gasteiger partial charge in [0.25, 0.3) is 0 Å². The number of ether oxygens (including phenoxy) is 1. The highest BCUT2D eigenvalue weighted by molar-refractivity contribution is 7.71. The number of methoxy groups -OCH3 is 1. The van der Waals surface area contributed by atoms with E-state index in [0.29, 0.717) is 10.6 Å². The third-order valence-electron chi connectivity index (χ3n) is 5.03. The fraction of sp³-hybridized carbons (Fsp3) is 0.0417. The van der Waals surface area contributed by atoms with E-state index in [-0.39, 0.29) is 0 Å². The van der Waals surface area contributed by atoms with Gasteiger partial charge >= 0.3 is 0 Å². The maximum atomic E-state index is 5.55. The van der Waals surface area contributed by atoms with Crippen LogP contribution < -0.4 is 4.74 Å². The molecule has 0 saturated heterocycles. The van der Waals surface area contributed by atoms with Gasteiger partial charge in [0, 0.05) is 17.4 Å². The average Bonchev–Trinajstić information content (AvgIpc) is 3.44. The van der Waals surface area contributed by atoms with Gasteiger partial charge in [-0.15, -0.1) is 0 Å². The minimum Gasteiger partial charge on any atom is -0.497 e. The van der Waals surface area contributed by atoms with Crippen molar-refractivity contribution < 1.29 is 4.74 Å². The van der Waals surface area contributed by atoms with Gasteiger partial charge < -0.3 is 4.74 Å². The molecule has 0 bridgehead atoms. The summed E-state index contributed by atoms with van der Waals surface area (Å²) in [4.78, 5) is 0. The normalized spacial score (nSPS) is 10.9. The maximum absolute atomic E-state index is 5.55. The van der Waals surface area contributed by atoms with Gasteiger partial charge in [-0.2, -0.15) is 10.2 Å². The monoisotopic (exact) mass is 425 g/mol. The Morgan fingerprint density at radius 1 is 0.839 bits per heavy atom. The SMILES string of the molecule is COc1ccc(-c2nn(-c3ccccc3)cc2-c2n[nH]c(=S)n2-c2ccccc2)cc1. The zero-order valence-electron chi connectivity index (χ0n) is 16.8. The Hall–Kier alpha value is -3.97. The van der Waals surface area contributed by atoms with Gasteiger partial charge in [0.1, 0.15) is 11.4 Å². The van der Waals surface area contributed by atoms with Gasteiger partial charge in [0.05, 0.1) is 18.4 Å². The third kappa shape index (κ3) is 3.55. The summed E-state index contributed by atoms with van der Waals surface area (Å²) in [7, 11) is 1.65. The number of benzene rings is 3. The van der Waals surface area contributed by atoms with E-state index in [1.54, 1.807) is 7.11 Å². The van der Waals surface area contributed by atoms with Gasteiger partial charge in [0.2, 0.25) is 0 Å². The summed E-state index contributed by atoms with van der Waals surface area (Å²) in [5.74, 6) is 1.49. The molecule has 0 aliphatic carbocycles. The zero-order valence-corrected chi connectivity index (χ0v) is 17.6. The third-order valence-corrected chi connectivity index (χ3v) is 5.30. The number of aromatic nitrogens is 5. The first-order valence-electron chi connectivity index (χ1n) is 9.77. The lowest BCUT2D eigenvalue weighted by molar-refractivity contribution is 0.415. The first-order valence-corrected chi connectivity index (χ1v) is 10.2. The highest BCUT2D eigenvalue weighted by atomic mass is 32.1. The van der Waals surface area contributed by atoms with E-state index in [9.17, 15) is 0 Å². The minimum absolute atomic E-state index is 0.523. The zero-order chi connectivity index (χ0) is 21.2. The van der Waals surface area contributed by atoms with E-state index in [1.165, 1.54) is 0 Å². The van der Waals surface area contributed by atoms with Crippen LogP contribution in [0.2, 0.25) is 0 Å². The first kappa shape index (κ1) is 19.0.